The zero-order valence-electron chi connectivity index (χ0n) is 27.2. The highest BCUT2D eigenvalue weighted by Gasteiger charge is 2.49. The summed E-state index contributed by atoms with van der Waals surface area (Å²) in [6.45, 7) is 3.23. The van der Waals surface area contributed by atoms with Crippen molar-refractivity contribution in [2.24, 2.45) is 5.41 Å². The van der Waals surface area contributed by atoms with E-state index in [2.05, 4.69) is 10.6 Å². The highest BCUT2D eigenvalue weighted by Crippen LogP contribution is 2.42. The second-order valence-electron chi connectivity index (χ2n) is 12.7. The summed E-state index contributed by atoms with van der Waals surface area (Å²) in [7, 11) is 0. The fraction of sp³-hybridized carbons (Fsp3) is 0.378. The van der Waals surface area contributed by atoms with Crippen LogP contribution in [-0.2, 0) is 36.8 Å². The number of anilines is 1. The average molecular weight is 673 g/mol. The number of carbonyl (C=O) groups excluding carboxylic acids is 4. The number of nitrogens with one attached hydrogen (secondary N) is 2. The summed E-state index contributed by atoms with van der Waals surface area (Å²) in [5, 5.41) is 16.1. The number of amides is 4. The van der Waals surface area contributed by atoms with E-state index in [0.717, 1.165) is 24.0 Å². The van der Waals surface area contributed by atoms with Crippen molar-refractivity contribution < 1.29 is 29.1 Å². The summed E-state index contributed by atoms with van der Waals surface area (Å²) in [4.78, 5) is 67.7. The van der Waals surface area contributed by atoms with Gasteiger partial charge in [-0.1, -0.05) is 79.0 Å². The van der Waals surface area contributed by atoms with Crippen LogP contribution in [-0.4, -0.2) is 58.2 Å². The molecule has 2 aliphatic rings. The van der Waals surface area contributed by atoms with E-state index >= 15 is 0 Å². The van der Waals surface area contributed by atoms with Crippen molar-refractivity contribution in [3.63, 3.8) is 0 Å². The zero-order valence-corrected chi connectivity index (χ0v) is 27.9. The maximum Gasteiger partial charge on any atom is 0.326 e. The smallest absolute Gasteiger partial charge is 0.326 e. The first-order valence-corrected chi connectivity index (χ1v) is 16.7. The molecule has 1 saturated carbocycles. The first kappa shape index (κ1) is 34.6. The van der Waals surface area contributed by atoms with E-state index in [1.807, 2.05) is 30.3 Å². The topological polar surface area (TPSA) is 136 Å². The van der Waals surface area contributed by atoms with Crippen LogP contribution in [0.25, 0.3) is 0 Å². The lowest BCUT2D eigenvalue weighted by Crippen LogP contribution is -2.49. The number of nitrogens with zero attached hydrogens (tertiary/aromatic N) is 2. The minimum absolute atomic E-state index is 0.0356. The second kappa shape index (κ2) is 15.0. The minimum atomic E-state index is -1.17. The molecule has 3 atom stereocenters. The van der Waals surface area contributed by atoms with Gasteiger partial charge in [0.1, 0.15) is 18.2 Å². The van der Waals surface area contributed by atoms with Crippen molar-refractivity contribution in [1.29, 1.82) is 0 Å². The van der Waals surface area contributed by atoms with Crippen LogP contribution in [0.2, 0.25) is 5.02 Å². The SMILES string of the molecule is CC(=O)NCCC1(C(=O)NC(Cc2ccc(N3C(=O)C(Cc4ccccc4)N(C(C)=O)C3c3ccc(Cl)cc3)cc2)C(=O)O)CCCC1. The Labute approximate surface area is 285 Å². The molecule has 252 valence electrons. The van der Waals surface area contributed by atoms with Crippen molar-refractivity contribution in [1.82, 2.24) is 15.5 Å². The van der Waals surface area contributed by atoms with Crippen LogP contribution in [0.4, 0.5) is 5.69 Å². The molecular weight excluding hydrogens is 632 g/mol. The third-order valence-corrected chi connectivity index (χ3v) is 9.70. The van der Waals surface area contributed by atoms with Crippen molar-refractivity contribution in [2.45, 2.75) is 77.0 Å². The van der Waals surface area contributed by atoms with Crippen molar-refractivity contribution >= 4 is 46.9 Å². The van der Waals surface area contributed by atoms with E-state index in [0.29, 0.717) is 48.5 Å². The monoisotopic (exact) mass is 672 g/mol. The fourth-order valence-electron chi connectivity index (χ4n) is 6.98. The molecule has 0 radical (unpaired) electrons. The van der Waals surface area contributed by atoms with Crippen LogP contribution in [0.1, 0.15) is 68.8 Å². The van der Waals surface area contributed by atoms with Gasteiger partial charge in [0.15, 0.2) is 0 Å². The van der Waals surface area contributed by atoms with Crippen LogP contribution in [0.3, 0.4) is 0 Å². The van der Waals surface area contributed by atoms with Crippen molar-refractivity contribution in [3.05, 3.63) is 101 Å². The van der Waals surface area contributed by atoms with Crippen molar-refractivity contribution in [3.8, 4) is 0 Å². The molecule has 0 spiro atoms. The number of benzene rings is 3. The summed E-state index contributed by atoms with van der Waals surface area (Å²) >= 11 is 6.18. The van der Waals surface area contributed by atoms with E-state index in [9.17, 15) is 29.1 Å². The number of carboxylic acids is 1. The standard InChI is InChI=1S/C37H41ClN4O6/c1-24(43)39-21-20-37(18-6-7-19-37)36(48)40-31(35(46)47)22-27-10-16-30(17-11-27)42-33(28-12-14-29(38)15-13-28)41(25(2)44)32(34(42)45)23-26-8-4-3-5-9-26/h3-5,8-17,31-33H,6-7,18-23H2,1-2H3,(H,39,43)(H,40,48)(H,46,47). The summed E-state index contributed by atoms with van der Waals surface area (Å²) in [5.41, 5.74) is 2.13. The molecule has 0 aromatic heterocycles. The van der Waals surface area contributed by atoms with Crippen LogP contribution in [0.15, 0.2) is 78.9 Å². The van der Waals surface area contributed by atoms with Crippen LogP contribution < -0.4 is 15.5 Å². The Morgan fingerprint density at radius 1 is 0.917 bits per heavy atom. The van der Waals surface area contributed by atoms with Gasteiger partial charge < -0.3 is 20.6 Å². The molecule has 3 aromatic rings. The van der Waals surface area contributed by atoms with E-state index < -0.39 is 29.6 Å². The Kier molecular flexibility index (Phi) is 10.8. The molecule has 1 saturated heterocycles. The van der Waals surface area contributed by atoms with E-state index in [4.69, 9.17) is 11.6 Å². The van der Waals surface area contributed by atoms with E-state index in [1.54, 1.807) is 58.3 Å². The van der Waals surface area contributed by atoms with Gasteiger partial charge in [-0.15, -0.1) is 0 Å². The quantitative estimate of drug-likeness (QED) is 0.247. The third kappa shape index (κ3) is 7.71. The normalized spacial score (nSPS) is 19.2. The number of rotatable bonds is 12. The zero-order chi connectivity index (χ0) is 34.4. The Morgan fingerprint density at radius 3 is 2.15 bits per heavy atom. The number of carbonyl (C=O) groups is 5. The lowest BCUT2D eigenvalue weighted by molar-refractivity contribution is -0.144. The van der Waals surface area contributed by atoms with E-state index in [1.165, 1.54) is 13.8 Å². The first-order chi connectivity index (χ1) is 23.0. The molecule has 3 N–H and O–H groups in total. The highest BCUT2D eigenvalue weighted by atomic mass is 35.5. The molecule has 48 heavy (non-hydrogen) atoms. The van der Waals surface area contributed by atoms with Crippen LogP contribution in [0.5, 0.6) is 0 Å². The van der Waals surface area contributed by atoms with Crippen molar-refractivity contribution in [2.75, 3.05) is 11.4 Å². The largest absolute Gasteiger partial charge is 0.480 e. The summed E-state index contributed by atoms with van der Waals surface area (Å²) < 4.78 is 0. The van der Waals surface area contributed by atoms with Gasteiger partial charge in [-0.2, -0.15) is 0 Å². The Balaban J connectivity index is 1.39. The van der Waals surface area contributed by atoms with Crippen LogP contribution >= 0.6 is 11.6 Å². The summed E-state index contributed by atoms with van der Waals surface area (Å²) in [6, 6.07) is 21.7. The lowest BCUT2D eigenvalue weighted by atomic mass is 9.81. The Morgan fingerprint density at radius 2 is 1.56 bits per heavy atom. The average Bonchev–Trinajstić information content (AvgIpc) is 3.65. The van der Waals surface area contributed by atoms with E-state index in [-0.39, 0.29) is 30.0 Å². The van der Waals surface area contributed by atoms with Crippen LogP contribution in [0, 0.1) is 5.41 Å². The third-order valence-electron chi connectivity index (χ3n) is 9.45. The fourth-order valence-corrected chi connectivity index (χ4v) is 7.11. The minimum Gasteiger partial charge on any atom is -0.480 e. The number of carboxylic acid groups (broad SMARTS) is 1. The van der Waals surface area contributed by atoms with Gasteiger partial charge in [0.25, 0.3) is 5.91 Å². The molecule has 1 heterocycles. The van der Waals surface area contributed by atoms with Gasteiger partial charge in [0, 0.05) is 43.9 Å². The maximum absolute atomic E-state index is 14.2. The van der Waals surface area contributed by atoms with Gasteiger partial charge in [0.05, 0.1) is 5.41 Å². The predicted octanol–water partition coefficient (Wildman–Crippen LogP) is 5.04. The molecule has 3 aromatic carbocycles. The number of aliphatic carboxylic acids is 1. The number of halogens is 1. The summed E-state index contributed by atoms with van der Waals surface area (Å²) in [6.07, 6.45) is 3.11. The van der Waals surface area contributed by atoms with Gasteiger partial charge in [-0.3, -0.25) is 24.1 Å². The number of hydrogen-bond acceptors (Lipinski definition) is 5. The molecule has 3 unspecified atom stereocenters. The number of hydrogen-bond donors (Lipinski definition) is 3. The molecule has 10 nitrogen and oxygen atoms in total. The highest BCUT2D eigenvalue weighted by molar-refractivity contribution is 6.30. The molecule has 2 fully saturated rings. The summed E-state index contributed by atoms with van der Waals surface area (Å²) in [5.74, 6) is -2.12. The molecule has 1 aliphatic heterocycles. The second-order valence-corrected chi connectivity index (χ2v) is 13.2. The predicted molar refractivity (Wildman–Crippen MR) is 182 cm³/mol. The molecule has 4 amide bonds. The molecular formula is C37H41ClN4O6. The molecule has 11 heteroatoms. The molecule has 0 bridgehead atoms. The first-order valence-electron chi connectivity index (χ1n) is 16.3. The van der Waals surface area contributed by atoms with Gasteiger partial charge in [0.2, 0.25) is 17.7 Å². The maximum atomic E-state index is 14.2. The molecule has 5 rings (SSSR count). The van der Waals surface area contributed by atoms with Gasteiger partial charge in [-0.25, -0.2) is 4.79 Å². The Bertz CT molecular complexity index is 1640. The molecule has 1 aliphatic carbocycles. The lowest BCUT2D eigenvalue weighted by Gasteiger charge is -2.31. The van der Waals surface area contributed by atoms with Gasteiger partial charge in [-0.05, 0) is 60.2 Å². The van der Waals surface area contributed by atoms with Gasteiger partial charge >= 0.3 is 5.97 Å². The Hall–Kier alpha value is -4.70.